The first-order chi connectivity index (χ1) is 10.6. The number of rotatable bonds is 9. The van der Waals surface area contributed by atoms with Crippen molar-refractivity contribution in [2.75, 3.05) is 19.7 Å². The number of hydrogen-bond donors (Lipinski definition) is 1. The van der Waals surface area contributed by atoms with Gasteiger partial charge in [-0.1, -0.05) is 13.3 Å². The van der Waals surface area contributed by atoms with E-state index in [2.05, 4.69) is 22.4 Å². The summed E-state index contributed by atoms with van der Waals surface area (Å²) in [5, 5.41) is 0. The second-order valence-corrected chi connectivity index (χ2v) is 4.90. The van der Waals surface area contributed by atoms with E-state index in [1.165, 1.54) is 6.20 Å². The maximum Gasteiger partial charge on any atom is 0.274 e. The molecule has 122 valence electrons. The van der Waals surface area contributed by atoms with Crippen molar-refractivity contribution >= 4 is 11.8 Å². The summed E-state index contributed by atoms with van der Waals surface area (Å²) >= 11 is 0. The average molecular weight is 308 g/mol. The minimum absolute atomic E-state index is 0.189. The van der Waals surface area contributed by atoms with E-state index in [9.17, 15) is 9.59 Å². The molecule has 0 radical (unpaired) electrons. The number of nitrogens with one attached hydrogen (secondary N) is 1. The number of hydroxylamine groups is 1. The van der Waals surface area contributed by atoms with Crippen molar-refractivity contribution in [2.24, 2.45) is 0 Å². The van der Waals surface area contributed by atoms with Gasteiger partial charge >= 0.3 is 0 Å². The molecule has 0 aliphatic carbocycles. The van der Waals surface area contributed by atoms with Gasteiger partial charge in [-0.3, -0.25) is 19.4 Å². The Bertz CT molecular complexity index is 476. The number of unbranched alkanes of at least 4 members (excludes halogenated alkanes) is 1. The molecule has 7 nitrogen and oxygen atoms in total. The Morgan fingerprint density at radius 2 is 2.00 bits per heavy atom. The van der Waals surface area contributed by atoms with Gasteiger partial charge in [-0.05, 0) is 20.3 Å². The van der Waals surface area contributed by atoms with E-state index >= 15 is 0 Å². The molecule has 0 spiro atoms. The molecule has 22 heavy (non-hydrogen) atoms. The number of aromatic nitrogens is 2. The van der Waals surface area contributed by atoms with Crippen LogP contribution in [0.15, 0.2) is 12.4 Å². The van der Waals surface area contributed by atoms with Gasteiger partial charge in [0, 0.05) is 25.7 Å². The van der Waals surface area contributed by atoms with Gasteiger partial charge in [0.05, 0.1) is 18.5 Å². The Kier molecular flexibility index (Phi) is 8.06. The Morgan fingerprint density at radius 1 is 1.23 bits per heavy atom. The normalized spacial score (nSPS) is 10.3. The lowest BCUT2D eigenvalue weighted by atomic mass is 10.2. The molecule has 0 saturated carbocycles. The highest BCUT2D eigenvalue weighted by Gasteiger charge is 2.18. The lowest BCUT2D eigenvalue weighted by Crippen LogP contribution is -2.36. The molecule has 0 atom stereocenters. The molecule has 2 amide bonds. The maximum absolute atomic E-state index is 12.4. The molecule has 0 saturated heterocycles. The van der Waals surface area contributed by atoms with E-state index in [1.54, 1.807) is 18.0 Å². The summed E-state index contributed by atoms with van der Waals surface area (Å²) in [4.78, 5) is 38.7. The van der Waals surface area contributed by atoms with Crippen LogP contribution in [0.3, 0.4) is 0 Å². The number of nitrogens with zero attached hydrogens (tertiary/aromatic N) is 3. The molecule has 0 unspecified atom stereocenters. The minimum Gasteiger partial charge on any atom is -0.337 e. The molecule has 1 aromatic rings. The van der Waals surface area contributed by atoms with Crippen molar-refractivity contribution < 1.29 is 14.4 Å². The van der Waals surface area contributed by atoms with Gasteiger partial charge in [-0.25, -0.2) is 10.5 Å². The number of aryl methyl sites for hydroxylation is 1. The predicted octanol–water partition coefficient (Wildman–Crippen LogP) is 1.49. The molecule has 0 bridgehead atoms. The zero-order valence-corrected chi connectivity index (χ0v) is 13.5. The topological polar surface area (TPSA) is 84.4 Å². The third-order valence-corrected chi connectivity index (χ3v) is 3.01. The predicted molar refractivity (Wildman–Crippen MR) is 82.0 cm³/mol. The summed E-state index contributed by atoms with van der Waals surface area (Å²) in [5.74, 6) is -0.448. The summed E-state index contributed by atoms with van der Waals surface area (Å²) in [6, 6.07) is 0. The van der Waals surface area contributed by atoms with Gasteiger partial charge in [-0.2, -0.15) is 0 Å². The van der Waals surface area contributed by atoms with Gasteiger partial charge in [0.25, 0.3) is 5.91 Å². The van der Waals surface area contributed by atoms with Crippen molar-refractivity contribution in [3.8, 4) is 0 Å². The van der Waals surface area contributed by atoms with Crippen molar-refractivity contribution in [3.63, 3.8) is 0 Å². The van der Waals surface area contributed by atoms with E-state index in [0.29, 0.717) is 25.4 Å². The standard InChI is InChI=1S/C15H24N4O3/c1-4-6-8-19(9-7-14(20)18-22-5-2)15(21)13-11-16-12(3)10-17-13/h10-11H,4-9H2,1-3H3,(H,18,20). The lowest BCUT2D eigenvalue weighted by Gasteiger charge is -2.21. The molecule has 1 aromatic heterocycles. The molecule has 0 aromatic carbocycles. The van der Waals surface area contributed by atoms with E-state index in [-0.39, 0.29) is 18.2 Å². The van der Waals surface area contributed by atoms with Crippen LogP contribution in [0.25, 0.3) is 0 Å². The molecule has 1 N–H and O–H groups in total. The monoisotopic (exact) mass is 308 g/mol. The SMILES string of the molecule is CCCCN(CCC(=O)NOCC)C(=O)c1cnc(C)cn1. The Morgan fingerprint density at radius 3 is 2.59 bits per heavy atom. The van der Waals surface area contributed by atoms with Crippen molar-refractivity contribution in [2.45, 2.75) is 40.0 Å². The molecule has 1 heterocycles. The Labute approximate surface area is 131 Å². The second kappa shape index (κ2) is 9.83. The summed E-state index contributed by atoms with van der Waals surface area (Å²) in [6.45, 7) is 6.97. The highest BCUT2D eigenvalue weighted by atomic mass is 16.6. The molecular weight excluding hydrogens is 284 g/mol. The van der Waals surface area contributed by atoms with Crippen molar-refractivity contribution in [1.82, 2.24) is 20.3 Å². The van der Waals surface area contributed by atoms with Gasteiger partial charge in [0.1, 0.15) is 5.69 Å². The molecular formula is C15H24N4O3. The summed E-state index contributed by atoms with van der Waals surface area (Å²) in [5.41, 5.74) is 3.38. The third-order valence-electron chi connectivity index (χ3n) is 3.01. The summed E-state index contributed by atoms with van der Waals surface area (Å²) < 4.78 is 0. The van der Waals surface area contributed by atoms with Crippen LogP contribution < -0.4 is 5.48 Å². The van der Waals surface area contributed by atoms with Crippen molar-refractivity contribution in [3.05, 3.63) is 23.8 Å². The van der Waals surface area contributed by atoms with Crippen LogP contribution >= 0.6 is 0 Å². The van der Waals surface area contributed by atoms with Gasteiger partial charge in [0.15, 0.2) is 0 Å². The van der Waals surface area contributed by atoms with Crippen molar-refractivity contribution in [1.29, 1.82) is 0 Å². The van der Waals surface area contributed by atoms with Crippen LogP contribution in [0.5, 0.6) is 0 Å². The first-order valence-electron chi connectivity index (χ1n) is 7.57. The molecule has 0 aliphatic rings. The third kappa shape index (κ3) is 6.17. The highest BCUT2D eigenvalue weighted by molar-refractivity contribution is 5.92. The van der Waals surface area contributed by atoms with Crippen LogP contribution in [0, 0.1) is 6.92 Å². The maximum atomic E-state index is 12.4. The smallest absolute Gasteiger partial charge is 0.274 e. The quantitative estimate of drug-likeness (QED) is 0.699. The van der Waals surface area contributed by atoms with Crippen LogP contribution in [-0.2, 0) is 9.63 Å². The number of carbonyl (C=O) groups excluding carboxylic acids is 2. The Balaban J connectivity index is 2.64. The molecule has 7 heteroatoms. The zero-order valence-electron chi connectivity index (χ0n) is 13.5. The number of hydrogen-bond acceptors (Lipinski definition) is 5. The van der Waals surface area contributed by atoms with Gasteiger partial charge in [-0.15, -0.1) is 0 Å². The Hall–Kier alpha value is -2.02. The van der Waals surface area contributed by atoms with Gasteiger partial charge < -0.3 is 4.90 Å². The molecule has 0 fully saturated rings. The van der Waals surface area contributed by atoms with E-state index in [0.717, 1.165) is 18.5 Å². The largest absolute Gasteiger partial charge is 0.337 e. The first kappa shape index (κ1) is 18.0. The zero-order chi connectivity index (χ0) is 16.4. The summed E-state index contributed by atoms with van der Waals surface area (Å²) in [7, 11) is 0. The van der Waals surface area contributed by atoms with Crippen LogP contribution in [0.2, 0.25) is 0 Å². The van der Waals surface area contributed by atoms with E-state index < -0.39 is 0 Å². The molecule has 0 aliphatic heterocycles. The first-order valence-corrected chi connectivity index (χ1v) is 7.57. The van der Waals surface area contributed by atoms with E-state index in [1.807, 2.05) is 6.92 Å². The second-order valence-electron chi connectivity index (χ2n) is 4.90. The van der Waals surface area contributed by atoms with Gasteiger partial charge in [0.2, 0.25) is 5.91 Å². The average Bonchev–Trinajstić information content (AvgIpc) is 2.53. The van der Waals surface area contributed by atoms with Crippen LogP contribution in [0.4, 0.5) is 0 Å². The van der Waals surface area contributed by atoms with E-state index in [4.69, 9.17) is 4.84 Å². The highest BCUT2D eigenvalue weighted by Crippen LogP contribution is 2.05. The fraction of sp³-hybridized carbons (Fsp3) is 0.600. The summed E-state index contributed by atoms with van der Waals surface area (Å²) in [6.07, 6.45) is 5.06. The number of carbonyl (C=O) groups is 2. The fourth-order valence-corrected chi connectivity index (χ4v) is 1.77. The number of amides is 2. The fourth-order valence-electron chi connectivity index (χ4n) is 1.77. The van der Waals surface area contributed by atoms with Crippen LogP contribution in [-0.4, -0.2) is 46.4 Å². The minimum atomic E-state index is -0.244. The molecule has 1 rings (SSSR count). The lowest BCUT2D eigenvalue weighted by molar-refractivity contribution is -0.133. The van der Waals surface area contributed by atoms with Crippen LogP contribution in [0.1, 0.15) is 49.3 Å².